The Kier molecular flexibility index (Phi) is 24.8. The van der Waals surface area contributed by atoms with Gasteiger partial charge in [0.25, 0.3) is 0 Å². The molecule has 0 radical (unpaired) electrons. The first-order valence-corrected chi connectivity index (χ1v) is 27.3. The van der Waals surface area contributed by atoms with Crippen molar-refractivity contribution in [1.29, 1.82) is 0 Å². The first kappa shape index (κ1) is 52.8. The maximum absolute atomic E-state index is 14.2. The number of fused-ring (bicyclic) bond motifs is 2. The molecule has 4 aromatic rings. The zero-order valence-electron chi connectivity index (χ0n) is 40.1. The van der Waals surface area contributed by atoms with Crippen molar-refractivity contribution in [2.24, 2.45) is 0 Å². The van der Waals surface area contributed by atoms with Crippen molar-refractivity contribution in [3.63, 3.8) is 0 Å². The molecule has 0 fully saturated rings. The van der Waals surface area contributed by atoms with E-state index in [4.69, 9.17) is 9.47 Å². The maximum atomic E-state index is 14.2. The number of hydrogen-bond acceptors (Lipinski definition) is 8. The summed E-state index contributed by atoms with van der Waals surface area (Å²) in [7, 11) is 0. The standard InChI is InChI=1S/C58H76O6S2/c1-3-5-7-9-11-13-15-17-19-21-23-25-27-35-53(59)63-45-37-41-47(42-38-45)65-51-33-29-31-49-55(51)57(61)50-32-30-34-52(56(50)58(49)62)66-48-43-39-46(40-44-48)64-54(60)36-28-26-24-22-20-18-16-14-12-10-8-6-4-2/h29-34,37-44H,3-28,35-36H2,1-2H3. The fourth-order valence-corrected chi connectivity index (χ4v) is 10.6. The van der Waals surface area contributed by atoms with Gasteiger partial charge in [-0.2, -0.15) is 0 Å². The number of carbonyl (C=O) groups excluding carboxylic acids is 4. The fourth-order valence-electron chi connectivity index (χ4n) is 8.69. The molecule has 4 aromatic carbocycles. The third kappa shape index (κ3) is 18.5. The molecule has 0 amide bonds. The van der Waals surface area contributed by atoms with E-state index < -0.39 is 0 Å². The highest BCUT2D eigenvalue weighted by atomic mass is 32.2. The SMILES string of the molecule is CCCCCCCCCCCCCCCC(=O)Oc1ccc(Sc2cccc3c2C(=O)c2cccc(Sc4ccc(OC(=O)CCCCCCCCCCCCCCC)cc4)c2C3=O)cc1. The van der Waals surface area contributed by atoms with Crippen LogP contribution in [0.3, 0.4) is 0 Å². The van der Waals surface area contributed by atoms with Crippen molar-refractivity contribution in [1.82, 2.24) is 0 Å². The molecule has 0 saturated heterocycles. The molecule has 0 atom stereocenters. The van der Waals surface area contributed by atoms with Gasteiger partial charge in [-0.25, -0.2) is 0 Å². The summed E-state index contributed by atoms with van der Waals surface area (Å²) in [6, 6.07) is 25.5. The first-order valence-electron chi connectivity index (χ1n) is 25.7. The number of carbonyl (C=O) groups is 4. The van der Waals surface area contributed by atoms with Gasteiger partial charge in [-0.1, -0.05) is 216 Å². The van der Waals surface area contributed by atoms with E-state index in [9.17, 15) is 19.2 Å². The molecule has 0 heterocycles. The average Bonchev–Trinajstić information content (AvgIpc) is 3.32. The Morgan fingerprint density at radius 1 is 0.379 bits per heavy atom. The number of ketones is 2. The van der Waals surface area contributed by atoms with Crippen LogP contribution in [0.25, 0.3) is 0 Å². The minimum atomic E-state index is -0.219. The Bertz CT molecular complexity index is 1930. The van der Waals surface area contributed by atoms with Crippen LogP contribution in [0.4, 0.5) is 0 Å². The van der Waals surface area contributed by atoms with Crippen LogP contribution in [0, 0.1) is 0 Å². The summed E-state index contributed by atoms with van der Waals surface area (Å²) in [5.74, 6) is 0.183. The molecule has 0 aliphatic heterocycles. The van der Waals surface area contributed by atoms with E-state index in [-0.39, 0.29) is 23.5 Å². The molecule has 66 heavy (non-hydrogen) atoms. The Morgan fingerprint density at radius 2 is 0.667 bits per heavy atom. The van der Waals surface area contributed by atoms with Crippen molar-refractivity contribution in [2.45, 2.75) is 213 Å². The molecular formula is C58H76O6S2. The van der Waals surface area contributed by atoms with Gasteiger partial charge in [0.05, 0.1) is 0 Å². The van der Waals surface area contributed by atoms with Gasteiger partial charge in [-0.3, -0.25) is 19.2 Å². The second kappa shape index (κ2) is 31.0. The van der Waals surface area contributed by atoms with Crippen LogP contribution in [-0.2, 0) is 9.59 Å². The maximum Gasteiger partial charge on any atom is 0.311 e. The predicted molar refractivity (Wildman–Crippen MR) is 273 cm³/mol. The molecule has 8 heteroatoms. The van der Waals surface area contributed by atoms with Gasteiger partial charge in [-0.15, -0.1) is 0 Å². The number of unbranched alkanes of at least 4 members (excludes halogenated alkanes) is 24. The van der Waals surface area contributed by atoms with Gasteiger partial charge >= 0.3 is 11.9 Å². The normalized spacial score (nSPS) is 12.0. The minimum Gasteiger partial charge on any atom is -0.427 e. The van der Waals surface area contributed by atoms with Gasteiger partial charge in [0.2, 0.25) is 0 Å². The third-order valence-corrected chi connectivity index (χ3v) is 14.7. The molecule has 0 saturated carbocycles. The Balaban J connectivity index is 1.02. The molecule has 0 unspecified atom stereocenters. The number of ether oxygens (including phenoxy) is 2. The molecule has 356 valence electrons. The molecular weight excluding hydrogens is 857 g/mol. The van der Waals surface area contributed by atoms with Gasteiger partial charge in [0.1, 0.15) is 11.5 Å². The van der Waals surface area contributed by atoms with E-state index >= 15 is 0 Å². The van der Waals surface area contributed by atoms with Crippen LogP contribution in [0.2, 0.25) is 0 Å². The van der Waals surface area contributed by atoms with E-state index in [1.54, 1.807) is 36.4 Å². The number of hydrogen-bond donors (Lipinski definition) is 0. The molecule has 6 nitrogen and oxygen atoms in total. The fraction of sp³-hybridized carbons (Fsp3) is 0.517. The Labute approximate surface area is 405 Å². The summed E-state index contributed by atoms with van der Waals surface area (Å²) in [5.41, 5.74) is 1.57. The average molecular weight is 933 g/mol. The number of rotatable bonds is 34. The summed E-state index contributed by atoms with van der Waals surface area (Å²) < 4.78 is 11.3. The van der Waals surface area contributed by atoms with Gasteiger partial charge < -0.3 is 9.47 Å². The summed E-state index contributed by atoms with van der Waals surface area (Å²) >= 11 is 2.82. The second-order valence-electron chi connectivity index (χ2n) is 18.1. The molecule has 1 aliphatic carbocycles. The predicted octanol–water partition coefficient (Wildman–Crippen LogP) is 17.5. The van der Waals surface area contributed by atoms with E-state index in [0.717, 1.165) is 48.3 Å². The smallest absolute Gasteiger partial charge is 0.311 e. The molecule has 0 N–H and O–H groups in total. The molecule has 1 aliphatic rings. The third-order valence-electron chi connectivity index (χ3n) is 12.5. The van der Waals surface area contributed by atoms with Crippen molar-refractivity contribution in [3.8, 4) is 11.5 Å². The van der Waals surface area contributed by atoms with Crippen LogP contribution >= 0.6 is 23.5 Å². The topological polar surface area (TPSA) is 86.7 Å². The lowest BCUT2D eigenvalue weighted by Gasteiger charge is -2.22. The molecule has 0 bridgehead atoms. The van der Waals surface area contributed by atoms with Crippen molar-refractivity contribution >= 4 is 47.0 Å². The summed E-state index contributed by atoms with van der Waals surface area (Å²) in [6.45, 7) is 4.52. The lowest BCUT2D eigenvalue weighted by Crippen LogP contribution is -2.22. The van der Waals surface area contributed by atoms with Gasteiger partial charge in [0, 0.05) is 54.7 Å². The highest BCUT2D eigenvalue weighted by Crippen LogP contribution is 2.41. The van der Waals surface area contributed by atoms with Crippen LogP contribution in [0.15, 0.2) is 105 Å². The van der Waals surface area contributed by atoms with E-state index in [0.29, 0.717) is 56.4 Å². The molecule has 0 aromatic heterocycles. The highest BCUT2D eigenvalue weighted by Gasteiger charge is 2.34. The van der Waals surface area contributed by atoms with Crippen LogP contribution < -0.4 is 9.47 Å². The zero-order valence-corrected chi connectivity index (χ0v) is 41.8. The summed E-state index contributed by atoms with van der Waals surface area (Å²) in [6.07, 6.45) is 33.6. The van der Waals surface area contributed by atoms with Crippen LogP contribution in [-0.4, -0.2) is 23.5 Å². The van der Waals surface area contributed by atoms with Gasteiger partial charge in [-0.05, 0) is 73.5 Å². The number of benzene rings is 4. The summed E-state index contributed by atoms with van der Waals surface area (Å²) in [4.78, 5) is 56.6. The monoisotopic (exact) mass is 933 g/mol. The van der Waals surface area contributed by atoms with Crippen molar-refractivity contribution in [3.05, 3.63) is 107 Å². The van der Waals surface area contributed by atoms with E-state index in [1.165, 1.54) is 152 Å². The Hall–Kier alpha value is -4.14. The zero-order chi connectivity index (χ0) is 46.6. The van der Waals surface area contributed by atoms with Crippen molar-refractivity contribution < 1.29 is 28.7 Å². The van der Waals surface area contributed by atoms with Crippen LogP contribution in [0.5, 0.6) is 11.5 Å². The van der Waals surface area contributed by atoms with E-state index in [1.807, 2.05) is 48.5 Å². The minimum absolute atomic E-state index is 0.186. The summed E-state index contributed by atoms with van der Waals surface area (Å²) in [5, 5.41) is 0. The van der Waals surface area contributed by atoms with Crippen LogP contribution in [0.1, 0.15) is 225 Å². The second-order valence-corrected chi connectivity index (χ2v) is 20.3. The van der Waals surface area contributed by atoms with E-state index in [2.05, 4.69) is 13.8 Å². The van der Waals surface area contributed by atoms with Crippen molar-refractivity contribution in [2.75, 3.05) is 0 Å². The Morgan fingerprint density at radius 3 is 0.970 bits per heavy atom. The lowest BCUT2D eigenvalue weighted by atomic mass is 9.84. The molecule has 0 spiro atoms. The first-order chi connectivity index (χ1) is 32.4. The van der Waals surface area contributed by atoms with Gasteiger partial charge in [0.15, 0.2) is 11.6 Å². The number of esters is 2. The lowest BCUT2D eigenvalue weighted by molar-refractivity contribution is -0.135. The highest BCUT2D eigenvalue weighted by molar-refractivity contribution is 7.99. The quantitative estimate of drug-likeness (QED) is 0.0229. The largest absolute Gasteiger partial charge is 0.427 e. The molecule has 5 rings (SSSR count).